The van der Waals surface area contributed by atoms with Crippen molar-refractivity contribution in [3.05, 3.63) is 129 Å². The van der Waals surface area contributed by atoms with Crippen LogP contribution in [0.2, 0.25) is 5.02 Å². The van der Waals surface area contributed by atoms with Gasteiger partial charge >= 0.3 is 0 Å². The fourth-order valence-electron chi connectivity index (χ4n) is 5.10. The third-order valence-corrected chi connectivity index (χ3v) is 9.67. The molecule has 11 nitrogen and oxygen atoms in total. The summed E-state index contributed by atoms with van der Waals surface area (Å²) in [6, 6.07) is 24.7. The topological polar surface area (TPSA) is 139 Å². The molecule has 0 aliphatic rings. The van der Waals surface area contributed by atoms with Crippen molar-refractivity contribution in [3.8, 4) is 5.75 Å². The van der Waals surface area contributed by atoms with E-state index in [-0.39, 0.29) is 34.8 Å². The lowest BCUT2D eigenvalue weighted by atomic mass is 10.0. The Labute approximate surface area is 285 Å². The number of ether oxygens (including phenoxy) is 1. The van der Waals surface area contributed by atoms with Crippen LogP contribution in [0, 0.1) is 17.0 Å². The summed E-state index contributed by atoms with van der Waals surface area (Å²) in [7, 11) is -3.09. The molecule has 2 amide bonds. The number of sulfonamides is 1. The smallest absolute Gasteiger partial charge is 0.273 e. The molecule has 0 spiro atoms. The molecule has 1 unspecified atom stereocenters. The van der Waals surface area contributed by atoms with Crippen LogP contribution in [-0.4, -0.2) is 56.3 Å². The van der Waals surface area contributed by atoms with Gasteiger partial charge in [0.25, 0.3) is 15.7 Å². The molecule has 1 atom stereocenters. The van der Waals surface area contributed by atoms with Gasteiger partial charge in [0, 0.05) is 36.2 Å². The Morgan fingerprint density at radius 3 is 2.27 bits per heavy atom. The molecular weight excluding hydrogens is 656 g/mol. The van der Waals surface area contributed by atoms with E-state index in [1.165, 1.54) is 43.2 Å². The zero-order valence-electron chi connectivity index (χ0n) is 26.8. The summed E-state index contributed by atoms with van der Waals surface area (Å²) in [5.74, 6) is -0.626. The lowest BCUT2D eigenvalue weighted by Crippen LogP contribution is -2.53. The minimum Gasteiger partial charge on any atom is -0.497 e. The van der Waals surface area contributed by atoms with E-state index in [1.54, 1.807) is 36.4 Å². The van der Waals surface area contributed by atoms with E-state index >= 15 is 0 Å². The van der Waals surface area contributed by atoms with Gasteiger partial charge in [-0.1, -0.05) is 67.1 Å². The predicted octanol–water partition coefficient (Wildman–Crippen LogP) is 5.93. The van der Waals surface area contributed by atoms with Crippen LogP contribution in [0.25, 0.3) is 0 Å². The summed E-state index contributed by atoms with van der Waals surface area (Å²) in [4.78, 5) is 40.3. The molecule has 4 aromatic carbocycles. The number of nitro benzene ring substituents is 1. The molecule has 252 valence electrons. The molecule has 0 fully saturated rings. The highest BCUT2D eigenvalue weighted by molar-refractivity contribution is 7.92. The Kier molecular flexibility index (Phi) is 12.2. The number of nitrogens with zero attached hydrogens (tertiary/aromatic N) is 3. The monoisotopic (exact) mass is 692 g/mol. The number of carbonyl (C=O) groups excluding carboxylic acids is 2. The number of carbonyl (C=O) groups is 2. The third-order valence-electron chi connectivity index (χ3n) is 7.67. The first-order valence-electron chi connectivity index (χ1n) is 15.2. The van der Waals surface area contributed by atoms with Crippen LogP contribution in [0.3, 0.4) is 0 Å². The molecular formula is C35H37ClN4O7S. The number of anilines is 1. The zero-order valence-corrected chi connectivity index (χ0v) is 28.4. The van der Waals surface area contributed by atoms with Gasteiger partial charge in [0.1, 0.15) is 18.3 Å². The van der Waals surface area contributed by atoms with Crippen LogP contribution < -0.4 is 14.4 Å². The van der Waals surface area contributed by atoms with Crippen LogP contribution in [0.5, 0.6) is 5.75 Å². The van der Waals surface area contributed by atoms with Gasteiger partial charge < -0.3 is 15.0 Å². The quantitative estimate of drug-likeness (QED) is 0.120. The number of hydrogen-bond donors (Lipinski definition) is 1. The van der Waals surface area contributed by atoms with Crippen molar-refractivity contribution in [1.29, 1.82) is 0 Å². The molecule has 0 heterocycles. The lowest BCUT2D eigenvalue weighted by Gasteiger charge is -2.34. The van der Waals surface area contributed by atoms with Crippen molar-refractivity contribution >= 4 is 44.8 Å². The highest BCUT2D eigenvalue weighted by Crippen LogP contribution is 2.30. The predicted molar refractivity (Wildman–Crippen MR) is 185 cm³/mol. The maximum Gasteiger partial charge on any atom is 0.273 e. The van der Waals surface area contributed by atoms with Crippen LogP contribution in [-0.2, 0) is 32.6 Å². The molecule has 4 rings (SSSR count). The Bertz CT molecular complexity index is 1850. The van der Waals surface area contributed by atoms with Crippen molar-refractivity contribution < 1.29 is 27.7 Å². The number of halogens is 1. The number of aryl methyl sites for hydroxylation is 1. The largest absolute Gasteiger partial charge is 0.497 e. The number of methoxy groups -OCH3 is 1. The van der Waals surface area contributed by atoms with Crippen molar-refractivity contribution in [2.75, 3.05) is 24.5 Å². The number of nitrogens with one attached hydrogen (secondary N) is 1. The first kappa shape index (κ1) is 35.9. The first-order valence-corrected chi connectivity index (χ1v) is 17.0. The second-order valence-corrected chi connectivity index (χ2v) is 13.4. The summed E-state index contributed by atoms with van der Waals surface area (Å²) < 4.78 is 34.7. The van der Waals surface area contributed by atoms with Gasteiger partial charge in [0.05, 0.1) is 22.6 Å². The Morgan fingerprint density at radius 1 is 0.958 bits per heavy atom. The first-order chi connectivity index (χ1) is 22.9. The number of amides is 2. The second-order valence-electron chi connectivity index (χ2n) is 11.1. The van der Waals surface area contributed by atoms with E-state index in [4.69, 9.17) is 16.3 Å². The third kappa shape index (κ3) is 8.90. The Hall–Kier alpha value is -4.94. The summed E-state index contributed by atoms with van der Waals surface area (Å²) >= 11 is 6.28. The average molecular weight is 693 g/mol. The Balaban J connectivity index is 1.84. The molecule has 4 aromatic rings. The van der Waals surface area contributed by atoms with Gasteiger partial charge in [0.15, 0.2) is 0 Å². The van der Waals surface area contributed by atoms with Crippen molar-refractivity contribution in [1.82, 2.24) is 10.2 Å². The van der Waals surface area contributed by atoms with Crippen molar-refractivity contribution in [3.63, 3.8) is 0 Å². The van der Waals surface area contributed by atoms with E-state index < -0.39 is 39.3 Å². The second kappa shape index (κ2) is 16.2. The number of rotatable bonds is 15. The van der Waals surface area contributed by atoms with Gasteiger partial charge in [-0.15, -0.1) is 0 Å². The maximum absolute atomic E-state index is 14.5. The summed E-state index contributed by atoms with van der Waals surface area (Å²) in [6.45, 7) is 3.02. The van der Waals surface area contributed by atoms with E-state index in [0.29, 0.717) is 29.3 Å². The highest BCUT2D eigenvalue weighted by atomic mass is 35.5. The summed E-state index contributed by atoms with van der Waals surface area (Å²) in [6.07, 6.45) is 0.820. The maximum atomic E-state index is 14.5. The van der Waals surface area contributed by atoms with Gasteiger partial charge in [-0.25, -0.2) is 8.42 Å². The minimum absolute atomic E-state index is 0.0526. The van der Waals surface area contributed by atoms with E-state index in [0.717, 1.165) is 15.9 Å². The summed E-state index contributed by atoms with van der Waals surface area (Å²) in [5.41, 5.74) is 1.44. The summed E-state index contributed by atoms with van der Waals surface area (Å²) in [5, 5.41) is 15.0. The van der Waals surface area contributed by atoms with Crippen LogP contribution in [0.1, 0.15) is 30.0 Å². The fraction of sp³-hybridized carbons (Fsp3) is 0.257. The molecule has 0 aliphatic heterocycles. The fourth-order valence-corrected chi connectivity index (χ4v) is 6.75. The highest BCUT2D eigenvalue weighted by Gasteiger charge is 2.35. The molecule has 13 heteroatoms. The van der Waals surface area contributed by atoms with Gasteiger partial charge in [-0.2, -0.15) is 0 Å². The molecule has 0 bridgehead atoms. The lowest BCUT2D eigenvalue weighted by molar-refractivity contribution is -0.385. The number of hydrogen-bond acceptors (Lipinski definition) is 7. The van der Waals surface area contributed by atoms with E-state index in [2.05, 4.69) is 5.32 Å². The van der Waals surface area contributed by atoms with Crippen LogP contribution >= 0.6 is 11.6 Å². The average Bonchev–Trinajstić information content (AvgIpc) is 3.08. The molecule has 0 saturated heterocycles. The molecule has 1 N–H and O–H groups in total. The van der Waals surface area contributed by atoms with Crippen molar-refractivity contribution in [2.45, 2.75) is 44.2 Å². The number of benzene rings is 4. The van der Waals surface area contributed by atoms with E-state index in [1.807, 2.05) is 37.3 Å². The van der Waals surface area contributed by atoms with Crippen molar-refractivity contribution in [2.24, 2.45) is 0 Å². The SMILES string of the molecule is CCCNC(=O)C(Cc1ccccc1)N(Cc1cccc(Cl)c1)C(=O)CN(c1ccc(OC)cc1)S(=O)(=O)c1ccc(C)c([N+](=O)[O-])c1. The van der Waals surface area contributed by atoms with Gasteiger partial charge in [0.2, 0.25) is 11.8 Å². The molecule has 0 aromatic heterocycles. The zero-order chi connectivity index (χ0) is 34.8. The van der Waals surface area contributed by atoms with Gasteiger partial charge in [-0.3, -0.25) is 24.0 Å². The van der Waals surface area contributed by atoms with Crippen LogP contribution in [0.4, 0.5) is 11.4 Å². The van der Waals surface area contributed by atoms with Crippen LogP contribution in [0.15, 0.2) is 102 Å². The minimum atomic E-state index is -4.55. The molecule has 0 radical (unpaired) electrons. The molecule has 48 heavy (non-hydrogen) atoms. The normalized spacial score (nSPS) is 11.8. The van der Waals surface area contributed by atoms with Gasteiger partial charge in [-0.05, 0) is 66.9 Å². The van der Waals surface area contributed by atoms with E-state index in [9.17, 15) is 28.1 Å². The molecule has 0 aliphatic carbocycles. The Morgan fingerprint density at radius 2 is 1.65 bits per heavy atom. The standard InChI is InChI=1S/C35H37ClN4O7S/c1-4-19-37-35(42)33(21-26-9-6-5-7-10-26)38(23-27-11-8-12-28(36)20-27)34(41)24-39(29-14-16-30(47-3)17-15-29)48(45,46)31-18-13-25(2)32(22-31)40(43)44/h5-18,20,22,33H,4,19,21,23-24H2,1-3H3,(H,37,42). The number of nitro groups is 1. The molecule has 0 saturated carbocycles.